The summed E-state index contributed by atoms with van der Waals surface area (Å²) in [6.45, 7) is 4.84. The fraction of sp³-hybridized carbons (Fsp3) is 0.667. The highest BCUT2D eigenvalue weighted by Crippen LogP contribution is 2.22. The Labute approximate surface area is 112 Å². The van der Waals surface area contributed by atoms with Gasteiger partial charge in [0.2, 0.25) is 10.0 Å². The summed E-state index contributed by atoms with van der Waals surface area (Å²) in [5, 5.41) is 1.60. The predicted octanol–water partition coefficient (Wildman–Crippen LogP) is 1.95. The summed E-state index contributed by atoms with van der Waals surface area (Å²) in [5.41, 5.74) is 0. The number of nitrogens with one attached hydrogen (secondary N) is 1. The third-order valence-electron chi connectivity index (χ3n) is 3.32. The molecule has 0 aromatic carbocycles. The number of rotatable bonds is 5. The molecule has 0 spiro atoms. The summed E-state index contributed by atoms with van der Waals surface area (Å²) in [4.78, 5) is 1.20. The molecule has 0 aliphatic carbocycles. The van der Waals surface area contributed by atoms with Gasteiger partial charge in [0, 0.05) is 23.9 Å². The average Bonchev–Trinajstić information content (AvgIpc) is 2.96. The summed E-state index contributed by atoms with van der Waals surface area (Å²) in [5.74, 6) is 0.206. The molecule has 0 unspecified atom stereocenters. The molecular formula is C12H19NO3S2. The van der Waals surface area contributed by atoms with E-state index in [-0.39, 0.29) is 12.0 Å². The molecule has 1 saturated heterocycles. The monoisotopic (exact) mass is 289 g/mol. The molecule has 6 heteroatoms. The molecule has 0 amide bonds. The quantitative estimate of drug-likeness (QED) is 0.901. The third-order valence-corrected chi connectivity index (χ3v) is 6.41. The zero-order valence-electron chi connectivity index (χ0n) is 10.6. The lowest BCUT2D eigenvalue weighted by Crippen LogP contribution is -2.39. The van der Waals surface area contributed by atoms with E-state index in [1.54, 1.807) is 11.3 Å². The van der Waals surface area contributed by atoms with E-state index >= 15 is 0 Å². The van der Waals surface area contributed by atoms with Crippen LogP contribution in [0.2, 0.25) is 0 Å². The van der Waals surface area contributed by atoms with E-state index in [4.69, 9.17) is 4.74 Å². The van der Waals surface area contributed by atoms with Crippen LogP contribution in [0, 0.1) is 0 Å². The molecule has 3 atom stereocenters. The van der Waals surface area contributed by atoms with E-state index < -0.39 is 15.3 Å². The van der Waals surface area contributed by atoms with Crippen LogP contribution in [0.1, 0.15) is 31.1 Å². The van der Waals surface area contributed by atoms with Gasteiger partial charge in [0.1, 0.15) is 5.25 Å². The Bertz CT molecular complexity index is 470. The second-order valence-electron chi connectivity index (χ2n) is 4.71. The second-order valence-corrected chi connectivity index (χ2v) is 7.68. The third kappa shape index (κ3) is 3.12. The van der Waals surface area contributed by atoms with Gasteiger partial charge in [-0.15, -0.1) is 11.3 Å². The van der Waals surface area contributed by atoms with E-state index in [0.29, 0.717) is 19.6 Å². The Balaban J connectivity index is 1.93. The van der Waals surface area contributed by atoms with Crippen LogP contribution in [0.15, 0.2) is 17.5 Å². The number of sulfonamides is 1. The maximum atomic E-state index is 12.1. The maximum absolute atomic E-state index is 12.1. The van der Waals surface area contributed by atoms with E-state index in [1.165, 1.54) is 4.88 Å². The molecule has 1 aliphatic heterocycles. The minimum absolute atomic E-state index is 0.206. The number of ether oxygens (including phenoxy) is 1. The fourth-order valence-corrected chi connectivity index (χ4v) is 4.61. The molecule has 0 saturated carbocycles. The van der Waals surface area contributed by atoms with E-state index in [1.807, 2.05) is 31.4 Å². The normalized spacial score (nSPS) is 26.3. The van der Waals surface area contributed by atoms with E-state index in [9.17, 15) is 8.42 Å². The van der Waals surface area contributed by atoms with Crippen molar-refractivity contribution < 1.29 is 13.2 Å². The number of thiophene rings is 1. The largest absolute Gasteiger partial charge is 0.377 e. The Morgan fingerprint density at radius 3 is 2.94 bits per heavy atom. The first-order valence-corrected chi connectivity index (χ1v) is 8.57. The van der Waals surface area contributed by atoms with Crippen LogP contribution in [0.5, 0.6) is 0 Å². The van der Waals surface area contributed by atoms with Gasteiger partial charge >= 0.3 is 0 Å². The molecular weight excluding hydrogens is 270 g/mol. The van der Waals surface area contributed by atoms with Gasteiger partial charge in [-0.25, -0.2) is 13.1 Å². The Hall–Kier alpha value is -0.430. The van der Waals surface area contributed by atoms with Crippen LogP contribution in [0.25, 0.3) is 0 Å². The Kier molecular flexibility index (Phi) is 4.42. The van der Waals surface area contributed by atoms with Gasteiger partial charge in [-0.2, -0.15) is 0 Å². The van der Waals surface area contributed by atoms with Crippen LogP contribution in [0.4, 0.5) is 0 Å². The smallest absolute Gasteiger partial charge is 0.217 e. The van der Waals surface area contributed by atoms with Crippen LogP contribution >= 0.6 is 11.3 Å². The summed E-state index contributed by atoms with van der Waals surface area (Å²) in [7, 11) is -3.27. The number of hydrogen-bond acceptors (Lipinski definition) is 4. The standard InChI is InChI=1S/C12H19NO3S2/c1-9(11-4-3-7-17-11)8-13-18(14,15)12-5-6-16-10(12)2/h3-4,7,9-10,12-13H,5-6,8H2,1-2H3/t9-,10-,12-/m1/s1. The van der Waals surface area contributed by atoms with Crippen molar-refractivity contribution in [1.82, 2.24) is 4.72 Å². The molecule has 2 heterocycles. The van der Waals surface area contributed by atoms with Crippen LogP contribution in [-0.2, 0) is 14.8 Å². The molecule has 1 aromatic heterocycles. The molecule has 18 heavy (non-hydrogen) atoms. The first kappa shape index (κ1) is 14.0. The maximum Gasteiger partial charge on any atom is 0.217 e. The summed E-state index contributed by atoms with van der Waals surface area (Å²) >= 11 is 1.65. The topological polar surface area (TPSA) is 55.4 Å². The predicted molar refractivity (Wildman–Crippen MR) is 73.5 cm³/mol. The van der Waals surface area contributed by atoms with Crippen molar-refractivity contribution in [3.8, 4) is 0 Å². The molecule has 1 N–H and O–H groups in total. The van der Waals surface area contributed by atoms with Crippen molar-refractivity contribution in [2.75, 3.05) is 13.2 Å². The van der Waals surface area contributed by atoms with Crippen LogP contribution in [-0.4, -0.2) is 32.9 Å². The van der Waals surface area contributed by atoms with Crippen molar-refractivity contribution >= 4 is 21.4 Å². The summed E-state index contributed by atoms with van der Waals surface area (Å²) < 4.78 is 32.3. The molecule has 1 aromatic rings. The van der Waals surface area contributed by atoms with Crippen molar-refractivity contribution in [3.05, 3.63) is 22.4 Å². The van der Waals surface area contributed by atoms with Gasteiger partial charge in [-0.3, -0.25) is 0 Å². The zero-order valence-corrected chi connectivity index (χ0v) is 12.3. The summed E-state index contributed by atoms with van der Waals surface area (Å²) in [6.07, 6.45) is 0.378. The highest BCUT2D eigenvalue weighted by molar-refractivity contribution is 7.90. The minimum atomic E-state index is -3.27. The molecule has 1 fully saturated rings. The highest BCUT2D eigenvalue weighted by Gasteiger charge is 2.35. The van der Waals surface area contributed by atoms with Gasteiger partial charge in [-0.05, 0) is 24.8 Å². The second kappa shape index (κ2) is 5.69. The SMILES string of the molecule is C[C@H](CNS(=O)(=O)[C@@H]1CCO[C@@H]1C)c1cccs1. The van der Waals surface area contributed by atoms with E-state index in [2.05, 4.69) is 4.72 Å². The van der Waals surface area contributed by atoms with Gasteiger partial charge in [-0.1, -0.05) is 13.0 Å². The van der Waals surface area contributed by atoms with Gasteiger partial charge in [0.05, 0.1) is 6.10 Å². The molecule has 2 rings (SSSR count). The Morgan fingerprint density at radius 1 is 1.61 bits per heavy atom. The summed E-state index contributed by atoms with van der Waals surface area (Å²) in [6, 6.07) is 4.02. The minimum Gasteiger partial charge on any atom is -0.377 e. The van der Waals surface area contributed by atoms with Gasteiger partial charge < -0.3 is 4.74 Å². The lowest BCUT2D eigenvalue weighted by Gasteiger charge is -2.17. The first-order chi connectivity index (χ1) is 8.50. The van der Waals surface area contributed by atoms with Crippen molar-refractivity contribution in [1.29, 1.82) is 0 Å². The van der Waals surface area contributed by atoms with E-state index in [0.717, 1.165) is 0 Å². The zero-order chi connectivity index (χ0) is 13.2. The number of hydrogen-bond donors (Lipinski definition) is 1. The van der Waals surface area contributed by atoms with Crippen LogP contribution in [0.3, 0.4) is 0 Å². The Morgan fingerprint density at radius 2 is 2.39 bits per heavy atom. The van der Waals surface area contributed by atoms with Gasteiger partial charge in [0.25, 0.3) is 0 Å². The molecule has 4 nitrogen and oxygen atoms in total. The molecule has 102 valence electrons. The van der Waals surface area contributed by atoms with Gasteiger partial charge in [0.15, 0.2) is 0 Å². The molecule has 0 radical (unpaired) electrons. The lowest BCUT2D eigenvalue weighted by atomic mass is 10.1. The van der Waals surface area contributed by atoms with Crippen molar-refractivity contribution in [2.45, 2.75) is 37.5 Å². The van der Waals surface area contributed by atoms with Crippen LogP contribution < -0.4 is 4.72 Å². The fourth-order valence-electron chi connectivity index (χ4n) is 2.14. The average molecular weight is 289 g/mol. The molecule has 0 bridgehead atoms. The van der Waals surface area contributed by atoms with Crippen molar-refractivity contribution in [3.63, 3.8) is 0 Å². The molecule has 1 aliphatic rings. The highest BCUT2D eigenvalue weighted by atomic mass is 32.2. The lowest BCUT2D eigenvalue weighted by molar-refractivity contribution is 0.126. The first-order valence-electron chi connectivity index (χ1n) is 6.14. The van der Waals surface area contributed by atoms with Crippen molar-refractivity contribution in [2.24, 2.45) is 0 Å².